The summed E-state index contributed by atoms with van der Waals surface area (Å²) in [6.45, 7) is 6.47. The van der Waals surface area contributed by atoms with Crippen molar-refractivity contribution in [1.29, 1.82) is 0 Å². The van der Waals surface area contributed by atoms with Crippen molar-refractivity contribution in [3.8, 4) is 0 Å². The normalized spacial score (nSPS) is 12.8. The Morgan fingerprint density at radius 2 is 0.607 bits per heavy atom. The van der Waals surface area contributed by atoms with E-state index >= 15 is 0 Å². The molecule has 0 N–H and O–H groups in total. The summed E-state index contributed by atoms with van der Waals surface area (Å²) in [5.41, 5.74) is 0. The maximum Gasteiger partial charge on any atom is 0.306 e. The number of ether oxygens (including phenoxy) is 3. The summed E-state index contributed by atoms with van der Waals surface area (Å²) in [7, 11) is 0. The minimum atomic E-state index is -0.808. The highest BCUT2D eigenvalue weighted by atomic mass is 16.6. The maximum absolute atomic E-state index is 12.8. The quantitative estimate of drug-likeness (QED) is 0.0263. The van der Waals surface area contributed by atoms with Crippen molar-refractivity contribution in [3.05, 3.63) is 85.1 Å². The number of allylic oxidation sites excluding steroid dienone is 14. The van der Waals surface area contributed by atoms with E-state index in [0.717, 1.165) is 103 Å². The van der Waals surface area contributed by atoms with Crippen LogP contribution >= 0.6 is 0 Å². The smallest absolute Gasteiger partial charge is 0.306 e. The molecule has 0 aliphatic carbocycles. The van der Waals surface area contributed by atoms with E-state index in [2.05, 4.69) is 106 Å². The summed E-state index contributed by atoms with van der Waals surface area (Å²) in [5.74, 6) is -0.979. The van der Waals surface area contributed by atoms with Gasteiger partial charge in [0.1, 0.15) is 13.2 Å². The van der Waals surface area contributed by atoms with Gasteiger partial charge < -0.3 is 14.2 Å². The van der Waals surface area contributed by atoms with Gasteiger partial charge in [-0.05, 0) is 116 Å². The molecule has 0 rings (SSSR count). The molecular weight excluding hydrogens is 757 g/mol. The molecule has 0 bridgehead atoms. The molecule has 0 aromatic rings. The Morgan fingerprint density at radius 1 is 0.328 bits per heavy atom. The molecule has 0 spiro atoms. The lowest BCUT2D eigenvalue weighted by molar-refractivity contribution is -0.167. The topological polar surface area (TPSA) is 78.9 Å². The summed E-state index contributed by atoms with van der Waals surface area (Å²) in [6.07, 6.45) is 62.8. The fraction of sp³-hybridized carbons (Fsp3) is 0.691. The van der Waals surface area contributed by atoms with Crippen molar-refractivity contribution in [2.24, 2.45) is 0 Å². The molecule has 348 valence electrons. The SMILES string of the molecule is CCCC/C=C\CCCCCCCC(=O)OC[C@@H](COC(=O)CCCCCC/C=C\C/C=C\C/C=C\CCCCC)OC(=O)CCCC/C=C\C/C=C\C/C=C\CCCCC. The van der Waals surface area contributed by atoms with Crippen molar-refractivity contribution >= 4 is 17.9 Å². The Balaban J connectivity index is 4.49. The Labute approximate surface area is 375 Å². The van der Waals surface area contributed by atoms with Crippen LogP contribution in [0.2, 0.25) is 0 Å². The van der Waals surface area contributed by atoms with Crippen LogP contribution in [0, 0.1) is 0 Å². The number of carbonyl (C=O) groups excluding carboxylic acids is 3. The van der Waals surface area contributed by atoms with Gasteiger partial charge in [0.2, 0.25) is 0 Å². The second-order valence-electron chi connectivity index (χ2n) is 16.4. The van der Waals surface area contributed by atoms with Crippen LogP contribution in [0.4, 0.5) is 0 Å². The van der Waals surface area contributed by atoms with E-state index in [1.807, 2.05) is 0 Å². The maximum atomic E-state index is 12.8. The molecule has 1 atom stereocenters. The third kappa shape index (κ3) is 47.5. The molecule has 0 radical (unpaired) electrons. The first kappa shape index (κ1) is 57.6. The highest BCUT2D eigenvalue weighted by Crippen LogP contribution is 2.12. The average Bonchev–Trinajstić information content (AvgIpc) is 3.26. The zero-order chi connectivity index (χ0) is 44.4. The highest BCUT2D eigenvalue weighted by Gasteiger charge is 2.19. The summed E-state index contributed by atoms with van der Waals surface area (Å²) in [4.78, 5) is 37.9. The minimum Gasteiger partial charge on any atom is -0.462 e. The Kier molecular flexibility index (Phi) is 46.5. The number of esters is 3. The number of rotatable bonds is 44. The monoisotopic (exact) mass is 849 g/mol. The zero-order valence-corrected chi connectivity index (χ0v) is 39.7. The van der Waals surface area contributed by atoms with Crippen LogP contribution in [0.3, 0.4) is 0 Å². The summed E-state index contributed by atoms with van der Waals surface area (Å²) >= 11 is 0. The first-order chi connectivity index (χ1) is 30.0. The molecule has 0 aromatic carbocycles. The lowest BCUT2D eigenvalue weighted by Gasteiger charge is -2.18. The number of hydrogen-bond donors (Lipinski definition) is 0. The largest absolute Gasteiger partial charge is 0.462 e. The van der Waals surface area contributed by atoms with Gasteiger partial charge in [-0.1, -0.05) is 176 Å². The van der Waals surface area contributed by atoms with Crippen LogP contribution in [0.5, 0.6) is 0 Å². The summed E-state index contributed by atoms with van der Waals surface area (Å²) in [5, 5.41) is 0. The molecule has 61 heavy (non-hydrogen) atoms. The minimum absolute atomic E-state index is 0.105. The van der Waals surface area contributed by atoms with Crippen LogP contribution in [0.15, 0.2) is 85.1 Å². The fourth-order valence-corrected chi connectivity index (χ4v) is 6.49. The van der Waals surface area contributed by atoms with E-state index in [1.54, 1.807) is 0 Å². The fourth-order valence-electron chi connectivity index (χ4n) is 6.49. The third-order valence-electron chi connectivity index (χ3n) is 10.3. The molecule has 6 heteroatoms. The van der Waals surface area contributed by atoms with E-state index in [4.69, 9.17) is 14.2 Å². The lowest BCUT2D eigenvalue weighted by Crippen LogP contribution is -2.30. The van der Waals surface area contributed by atoms with Gasteiger partial charge in [-0.15, -0.1) is 0 Å². The van der Waals surface area contributed by atoms with Gasteiger partial charge in [0, 0.05) is 19.3 Å². The Morgan fingerprint density at radius 3 is 1.02 bits per heavy atom. The molecule has 0 saturated heterocycles. The Bertz CT molecular complexity index is 1200. The Hall–Kier alpha value is -3.41. The molecule has 0 aromatic heterocycles. The molecule has 0 heterocycles. The van der Waals surface area contributed by atoms with Gasteiger partial charge in [-0.25, -0.2) is 0 Å². The van der Waals surface area contributed by atoms with Crippen molar-refractivity contribution in [2.75, 3.05) is 13.2 Å². The number of unbranched alkanes of at least 4 members (excludes halogenated alkanes) is 19. The van der Waals surface area contributed by atoms with Crippen LogP contribution < -0.4 is 0 Å². The average molecular weight is 849 g/mol. The molecule has 0 aliphatic heterocycles. The predicted octanol–water partition coefficient (Wildman–Crippen LogP) is 16.4. The van der Waals surface area contributed by atoms with E-state index < -0.39 is 6.10 Å². The third-order valence-corrected chi connectivity index (χ3v) is 10.3. The predicted molar refractivity (Wildman–Crippen MR) is 261 cm³/mol. The van der Waals surface area contributed by atoms with E-state index in [9.17, 15) is 14.4 Å². The number of carbonyl (C=O) groups is 3. The first-order valence-electron chi connectivity index (χ1n) is 25.1. The second kappa shape index (κ2) is 49.2. The van der Waals surface area contributed by atoms with Gasteiger partial charge in [-0.2, -0.15) is 0 Å². The zero-order valence-electron chi connectivity index (χ0n) is 39.7. The summed E-state index contributed by atoms with van der Waals surface area (Å²) < 4.78 is 16.7. The van der Waals surface area contributed by atoms with Gasteiger partial charge in [0.15, 0.2) is 6.10 Å². The van der Waals surface area contributed by atoms with Gasteiger partial charge in [0.25, 0.3) is 0 Å². The molecular formula is C55H92O6. The molecule has 0 amide bonds. The van der Waals surface area contributed by atoms with Crippen molar-refractivity contribution in [1.82, 2.24) is 0 Å². The second-order valence-corrected chi connectivity index (χ2v) is 16.4. The van der Waals surface area contributed by atoms with E-state index in [0.29, 0.717) is 19.3 Å². The van der Waals surface area contributed by atoms with E-state index in [-0.39, 0.29) is 37.5 Å². The summed E-state index contributed by atoms with van der Waals surface area (Å²) in [6, 6.07) is 0. The van der Waals surface area contributed by atoms with Crippen LogP contribution in [-0.2, 0) is 28.6 Å². The van der Waals surface area contributed by atoms with Crippen molar-refractivity contribution in [3.63, 3.8) is 0 Å². The van der Waals surface area contributed by atoms with Gasteiger partial charge >= 0.3 is 17.9 Å². The van der Waals surface area contributed by atoms with Gasteiger partial charge in [-0.3, -0.25) is 14.4 Å². The van der Waals surface area contributed by atoms with Crippen molar-refractivity contribution < 1.29 is 28.6 Å². The number of hydrogen-bond acceptors (Lipinski definition) is 6. The first-order valence-corrected chi connectivity index (χ1v) is 25.1. The standard InChI is InChI=1S/C55H92O6/c1-4-7-10-13-16-19-22-24-26-27-29-30-33-36-39-42-45-48-54(57)60-51-52(50-59-53(56)47-44-41-38-35-32-21-18-15-12-9-6-3)61-55(58)49-46-43-40-37-34-31-28-25-23-20-17-14-11-8-5-2/h15-20,24-26,28-30,34,37,52H,4-14,21-23,27,31-33,35-36,38-51H2,1-3H3/b18-15-,19-16-,20-17-,26-24-,28-25-,30-29-,37-34-/t52-/m0/s1. The molecule has 0 unspecified atom stereocenters. The molecule has 6 nitrogen and oxygen atoms in total. The van der Waals surface area contributed by atoms with Crippen LogP contribution in [0.25, 0.3) is 0 Å². The molecule has 0 aliphatic rings. The lowest BCUT2D eigenvalue weighted by atomic mass is 10.1. The molecule has 0 fully saturated rings. The van der Waals surface area contributed by atoms with Crippen molar-refractivity contribution in [2.45, 2.75) is 232 Å². The van der Waals surface area contributed by atoms with E-state index in [1.165, 1.54) is 77.0 Å². The van der Waals surface area contributed by atoms with Crippen LogP contribution in [-0.4, -0.2) is 37.2 Å². The highest BCUT2D eigenvalue weighted by molar-refractivity contribution is 5.71. The van der Waals surface area contributed by atoms with Gasteiger partial charge in [0.05, 0.1) is 0 Å². The van der Waals surface area contributed by atoms with Crippen LogP contribution in [0.1, 0.15) is 226 Å². The molecule has 0 saturated carbocycles.